The van der Waals surface area contributed by atoms with Crippen molar-refractivity contribution in [2.75, 3.05) is 53.6 Å². The van der Waals surface area contributed by atoms with E-state index in [1.165, 1.54) is 0 Å². The molecule has 0 aliphatic heterocycles. The Kier molecular flexibility index (Phi) is 19.3. The lowest BCUT2D eigenvalue weighted by Gasteiger charge is -2.30. The third-order valence-corrected chi connectivity index (χ3v) is 3.65. The SMILES string of the molecule is CN=C(NCCCCOCCOC)NCCN(C(C)C)C(C)C.I. The Labute approximate surface area is 166 Å². The Hall–Kier alpha value is -0.120. The van der Waals surface area contributed by atoms with Crippen LogP contribution in [0.15, 0.2) is 4.99 Å². The molecule has 0 aliphatic rings. The van der Waals surface area contributed by atoms with Crippen LogP contribution >= 0.6 is 24.0 Å². The number of unbranched alkanes of at least 4 members (excludes halogenated alkanes) is 1. The predicted molar refractivity (Wildman–Crippen MR) is 114 cm³/mol. The Balaban J connectivity index is 0. The zero-order valence-electron chi connectivity index (χ0n) is 16.4. The van der Waals surface area contributed by atoms with Gasteiger partial charge in [0, 0.05) is 52.5 Å². The normalized spacial score (nSPS) is 12.0. The third kappa shape index (κ3) is 14.2. The molecule has 0 fully saturated rings. The number of guanidine groups is 1. The summed E-state index contributed by atoms with van der Waals surface area (Å²) >= 11 is 0. The summed E-state index contributed by atoms with van der Waals surface area (Å²) in [6.07, 6.45) is 2.11. The molecule has 0 saturated heterocycles. The van der Waals surface area contributed by atoms with E-state index in [0.29, 0.717) is 25.3 Å². The largest absolute Gasteiger partial charge is 0.382 e. The summed E-state index contributed by atoms with van der Waals surface area (Å²) in [4.78, 5) is 6.73. The Morgan fingerprint density at radius 3 is 2.12 bits per heavy atom. The van der Waals surface area contributed by atoms with Gasteiger partial charge in [-0.05, 0) is 40.5 Å². The van der Waals surface area contributed by atoms with Crippen molar-refractivity contribution in [2.24, 2.45) is 4.99 Å². The van der Waals surface area contributed by atoms with Crippen LogP contribution in [0.2, 0.25) is 0 Å². The summed E-state index contributed by atoms with van der Waals surface area (Å²) in [6, 6.07) is 1.12. The first-order valence-electron chi connectivity index (χ1n) is 8.79. The van der Waals surface area contributed by atoms with Gasteiger partial charge in [0.05, 0.1) is 13.2 Å². The molecule has 7 heteroatoms. The van der Waals surface area contributed by atoms with E-state index in [1.807, 2.05) is 7.05 Å². The highest BCUT2D eigenvalue weighted by atomic mass is 127. The fourth-order valence-electron chi connectivity index (χ4n) is 2.42. The van der Waals surface area contributed by atoms with Crippen LogP contribution in [-0.4, -0.2) is 76.6 Å². The Morgan fingerprint density at radius 2 is 1.58 bits per heavy atom. The van der Waals surface area contributed by atoms with Crippen molar-refractivity contribution in [2.45, 2.75) is 52.6 Å². The van der Waals surface area contributed by atoms with Crippen LogP contribution in [0.3, 0.4) is 0 Å². The maximum atomic E-state index is 5.44. The molecule has 24 heavy (non-hydrogen) atoms. The highest BCUT2D eigenvalue weighted by molar-refractivity contribution is 14.0. The lowest BCUT2D eigenvalue weighted by atomic mass is 10.2. The summed E-state index contributed by atoms with van der Waals surface area (Å²) < 4.78 is 10.4. The van der Waals surface area contributed by atoms with E-state index < -0.39 is 0 Å². The Morgan fingerprint density at radius 1 is 0.958 bits per heavy atom. The molecule has 0 radical (unpaired) electrons. The zero-order chi connectivity index (χ0) is 17.5. The average Bonchev–Trinajstić information content (AvgIpc) is 2.51. The number of nitrogens with zero attached hydrogens (tertiary/aromatic N) is 2. The van der Waals surface area contributed by atoms with Gasteiger partial charge in [-0.3, -0.25) is 9.89 Å². The minimum atomic E-state index is 0. The van der Waals surface area contributed by atoms with Crippen LogP contribution in [0.1, 0.15) is 40.5 Å². The molecule has 0 unspecified atom stereocenters. The number of methoxy groups -OCH3 is 1. The molecule has 0 aromatic heterocycles. The number of ether oxygens (including phenoxy) is 2. The van der Waals surface area contributed by atoms with Gasteiger partial charge in [0.2, 0.25) is 0 Å². The van der Waals surface area contributed by atoms with Gasteiger partial charge >= 0.3 is 0 Å². The zero-order valence-corrected chi connectivity index (χ0v) is 18.8. The molecule has 146 valence electrons. The first-order valence-corrected chi connectivity index (χ1v) is 8.79. The van der Waals surface area contributed by atoms with E-state index in [1.54, 1.807) is 7.11 Å². The van der Waals surface area contributed by atoms with Crippen LogP contribution in [-0.2, 0) is 9.47 Å². The fourth-order valence-corrected chi connectivity index (χ4v) is 2.42. The quantitative estimate of drug-likeness (QED) is 0.192. The lowest BCUT2D eigenvalue weighted by Crippen LogP contribution is -2.45. The van der Waals surface area contributed by atoms with Crippen molar-refractivity contribution >= 4 is 29.9 Å². The van der Waals surface area contributed by atoms with Crippen LogP contribution in [0.4, 0.5) is 0 Å². The maximum absolute atomic E-state index is 5.44. The molecule has 0 atom stereocenters. The second kappa shape index (κ2) is 17.7. The van der Waals surface area contributed by atoms with E-state index in [4.69, 9.17) is 9.47 Å². The molecule has 0 aliphatic carbocycles. The Bertz CT molecular complexity index is 294. The third-order valence-electron chi connectivity index (χ3n) is 3.65. The smallest absolute Gasteiger partial charge is 0.191 e. The number of aliphatic imine (C=N–C) groups is 1. The summed E-state index contributed by atoms with van der Waals surface area (Å²) in [5.74, 6) is 0.873. The summed E-state index contributed by atoms with van der Waals surface area (Å²) in [7, 11) is 3.50. The van der Waals surface area contributed by atoms with Gasteiger partial charge < -0.3 is 20.1 Å². The summed E-state index contributed by atoms with van der Waals surface area (Å²) in [6.45, 7) is 13.9. The van der Waals surface area contributed by atoms with Gasteiger partial charge in [0.15, 0.2) is 5.96 Å². The molecule has 0 bridgehead atoms. The maximum Gasteiger partial charge on any atom is 0.191 e. The molecule has 6 nitrogen and oxygen atoms in total. The number of rotatable bonds is 13. The van der Waals surface area contributed by atoms with E-state index in [-0.39, 0.29) is 24.0 Å². The van der Waals surface area contributed by atoms with Crippen LogP contribution in [0.25, 0.3) is 0 Å². The molecule has 2 N–H and O–H groups in total. The van der Waals surface area contributed by atoms with Gasteiger partial charge in [-0.2, -0.15) is 0 Å². The summed E-state index contributed by atoms with van der Waals surface area (Å²) in [5, 5.41) is 6.72. The minimum absolute atomic E-state index is 0. The van der Waals surface area contributed by atoms with Crippen molar-refractivity contribution in [3.63, 3.8) is 0 Å². The average molecular weight is 458 g/mol. The number of nitrogens with one attached hydrogen (secondary N) is 2. The number of hydrogen-bond donors (Lipinski definition) is 2. The number of halogens is 1. The highest BCUT2D eigenvalue weighted by Gasteiger charge is 2.12. The summed E-state index contributed by atoms with van der Waals surface area (Å²) in [5.41, 5.74) is 0. The molecular formula is C17H39IN4O2. The highest BCUT2D eigenvalue weighted by Crippen LogP contribution is 2.03. The molecule has 0 heterocycles. The topological polar surface area (TPSA) is 58.1 Å². The first-order chi connectivity index (χ1) is 11.0. The van der Waals surface area contributed by atoms with Gasteiger partial charge in [-0.1, -0.05) is 0 Å². The number of hydrogen-bond acceptors (Lipinski definition) is 4. The minimum Gasteiger partial charge on any atom is -0.382 e. The van der Waals surface area contributed by atoms with E-state index in [0.717, 1.165) is 45.0 Å². The van der Waals surface area contributed by atoms with Crippen molar-refractivity contribution in [3.8, 4) is 0 Å². The van der Waals surface area contributed by atoms with Gasteiger partial charge in [-0.15, -0.1) is 24.0 Å². The van der Waals surface area contributed by atoms with Gasteiger partial charge in [0.1, 0.15) is 0 Å². The standard InChI is InChI=1S/C17H38N4O2.HI/c1-15(2)21(16(3)4)11-10-20-17(18-5)19-9-7-8-12-23-14-13-22-6;/h15-16H,7-14H2,1-6H3,(H2,18,19,20);1H. The van der Waals surface area contributed by atoms with Crippen molar-refractivity contribution < 1.29 is 9.47 Å². The molecule has 0 amide bonds. The van der Waals surface area contributed by atoms with Crippen molar-refractivity contribution in [3.05, 3.63) is 0 Å². The monoisotopic (exact) mass is 458 g/mol. The predicted octanol–water partition coefficient (Wildman–Crippen LogP) is 2.33. The molecule has 0 aromatic carbocycles. The molecular weight excluding hydrogens is 419 g/mol. The van der Waals surface area contributed by atoms with Gasteiger partial charge in [0.25, 0.3) is 0 Å². The lowest BCUT2D eigenvalue weighted by molar-refractivity contribution is 0.0689. The van der Waals surface area contributed by atoms with Gasteiger partial charge in [-0.25, -0.2) is 0 Å². The second-order valence-corrected chi connectivity index (χ2v) is 6.16. The first kappa shape index (κ1) is 26.1. The molecule has 0 rings (SSSR count). The van der Waals surface area contributed by atoms with E-state index in [2.05, 4.69) is 48.2 Å². The fraction of sp³-hybridized carbons (Fsp3) is 0.941. The molecule has 0 saturated carbocycles. The van der Waals surface area contributed by atoms with Crippen LogP contribution in [0, 0.1) is 0 Å². The van der Waals surface area contributed by atoms with E-state index in [9.17, 15) is 0 Å². The molecule has 0 aromatic rings. The van der Waals surface area contributed by atoms with Crippen LogP contribution < -0.4 is 10.6 Å². The van der Waals surface area contributed by atoms with Crippen molar-refractivity contribution in [1.82, 2.24) is 15.5 Å². The van der Waals surface area contributed by atoms with Crippen LogP contribution in [0.5, 0.6) is 0 Å². The second-order valence-electron chi connectivity index (χ2n) is 6.16. The van der Waals surface area contributed by atoms with E-state index >= 15 is 0 Å². The van der Waals surface area contributed by atoms with Crippen molar-refractivity contribution in [1.29, 1.82) is 0 Å². The molecule has 0 spiro atoms.